The van der Waals surface area contributed by atoms with E-state index in [-0.39, 0.29) is 48.0 Å². The molecule has 1 unspecified atom stereocenters. The van der Waals surface area contributed by atoms with E-state index in [4.69, 9.17) is 0 Å². The number of amides is 2. The molecule has 168 valence electrons. The van der Waals surface area contributed by atoms with Gasteiger partial charge in [-0.2, -0.15) is 0 Å². The van der Waals surface area contributed by atoms with Crippen LogP contribution in [0.5, 0.6) is 0 Å². The van der Waals surface area contributed by atoms with Gasteiger partial charge in [-0.3, -0.25) is 9.59 Å². The van der Waals surface area contributed by atoms with Gasteiger partial charge in [-0.1, -0.05) is 12.1 Å². The number of rotatable bonds is 7. The number of hydrogen-bond donors (Lipinski definition) is 3. The molecule has 30 heavy (non-hydrogen) atoms. The van der Waals surface area contributed by atoms with E-state index in [0.29, 0.717) is 18.7 Å². The van der Waals surface area contributed by atoms with Crippen LogP contribution in [-0.4, -0.2) is 56.0 Å². The minimum Gasteiger partial charge on any atom is -0.352 e. The van der Waals surface area contributed by atoms with Crippen LogP contribution in [-0.2, 0) is 11.3 Å². The summed E-state index contributed by atoms with van der Waals surface area (Å²) >= 11 is 0. The third-order valence-corrected chi connectivity index (χ3v) is 6.70. The highest BCUT2D eigenvalue weighted by atomic mass is 35.5. The van der Waals surface area contributed by atoms with Crippen molar-refractivity contribution in [3.8, 4) is 0 Å². The molecule has 2 heterocycles. The Hall–Kier alpha value is -1.34. The fourth-order valence-electron chi connectivity index (χ4n) is 4.72. The molecule has 6 nitrogen and oxygen atoms in total. The molecule has 1 spiro atoms. The number of hydrogen-bond acceptors (Lipinski definition) is 4. The predicted octanol–water partition coefficient (Wildman–Crippen LogP) is 2.36. The number of carbonyl (C=O) groups is 2. The van der Waals surface area contributed by atoms with Crippen LogP contribution in [0, 0.1) is 11.3 Å². The van der Waals surface area contributed by atoms with Crippen molar-refractivity contribution in [1.82, 2.24) is 20.9 Å². The van der Waals surface area contributed by atoms with Gasteiger partial charge in [0.1, 0.15) is 0 Å². The molecule has 1 aliphatic carbocycles. The number of nitrogens with one attached hydrogen (secondary N) is 3. The summed E-state index contributed by atoms with van der Waals surface area (Å²) in [7, 11) is 0. The Kier molecular flexibility index (Phi) is 9.41. The number of benzene rings is 1. The highest BCUT2D eigenvalue weighted by Gasteiger charge is 2.57. The highest BCUT2D eigenvalue weighted by Crippen LogP contribution is 2.58. The van der Waals surface area contributed by atoms with E-state index in [1.807, 2.05) is 24.3 Å². The molecular weight excluding hydrogens is 423 g/mol. The van der Waals surface area contributed by atoms with Crippen LogP contribution in [0.15, 0.2) is 24.3 Å². The molecular formula is C22H34Cl2N4O2. The second kappa shape index (κ2) is 11.3. The van der Waals surface area contributed by atoms with Gasteiger partial charge in [0.2, 0.25) is 5.91 Å². The topological polar surface area (TPSA) is 73.5 Å². The molecule has 3 aliphatic rings. The Labute approximate surface area is 191 Å². The first kappa shape index (κ1) is 24.9. The second-order valence-corrected chi connectivity index (χ2v) is 8.59. The molecule has 4 rings (SSSR count). The Morgan fingerprint density at radius 2 is 1.70 bits per heavy atom. The fourth-order valence-corrected chi connectivity index (χ4v) is 4.72. The Morgan fingerprint density at radius 1 is 1.03 bits per heavy atom. The third kappa shape index (κ3) is 6.10. The van der Waals surface area contributed by atoms with Crippen LogP contribution in [0.25, 0.3) is 0 Å². The van der Waals surface area contributed by atoms with Gasteiger partial charge >= 0.3 is 0 Å². The summed E-state index contributed by atoms with van der Waals surface area (Å²) in [5.41, 5.74) is 1.97. The Balaban J connectivity index is 0.00000160. The third-order valence-electron chi connectivity index (χ3n) is 6.70. The highest BCUT2D eigenvalue weighted by molar-refractivity contribution is 5.94. The summed E-state index contributed by atoms with van der Waals surface area (Å²) in [4.78, 5) is 27.1. The molecule has 2 saturated heterocycles. The van der Waals surface area contributed by atoms with Crippen LogP contribution >= 0.6 is 24.8 Å². The van der Waals surface area contributed by atoms with Crippen LogP contribution < -0.4 is 16.0 Å². The zero-order chi connectivity index (χ0) is 19.4. The lowest BCUT2D eigenvalue weighted by Crippen LogP contribution is -2.33. The van der Waals surface area contributed by atoms with Crippen molar-refractivity contribution in [2.24, 2.45) is 11.3 Å². The van der Waals surface area contributed by atoms with E-state index in [0.717, 1.165) is 57.5 Å². The van der Waals surface area contributed by atoms with Gasteiger partial charge in [-0.25, -0.2) is 0 Å². The van der Waals surface area contributed by atoms with Gasteiger partial charge in [0.15, 0.2) is 0 Å². The summed E-state index contributed by atoms with van der Waals surface area (Å²) < 4.78 is 0. The van der Waals surface area contributed by atoms with Crippen LogP contribution in [0.4, 0.5) is 0 Å². The van der Waals surface area contributed by atoms with Gasteiger partial charge in [-0.15, -0.1) is 24.8 Å². The van der Waals surface area contributed by atoms with Crippen molar-refractivity contribution < 1.29 is 9.59 Å². The number of nitrogens with zero attached hydrogens (tertiary/aromatic N) is 1. The minimum absolute atomic E-state index is 0. The average Bonchev–Trinajstić information content (AvgIpc) is 3.15. The fraction of sp³-hybridized carbons (Fsp3) is 0.636. The summed E-state index contributed by atoms with van der Waals surface area (Å²) in [5, 5.41) is 9.45. The van der Waals surface area contributed by atoms with Crippen molar-refractivity contribution in [3.63, 3.8) is 0 Å². The predicted molar refractivity (Wildman–Crippen MR) is 123 cm³/mol. The molecule has 1 aromatic rings. The van der Waals surface area contributed by atoms with Crippen molar-refractivity contribution >= 4 is 36.6 Å². The maximum absolute atomic E-state index is 12.5. The van der Waals surface area contributed by atoms with Crippen molar-refractivity contribution in [2.45, 2.75) is 38.6 Å². The molecule has 8 heteroatoms. The normalized spacial score (nSPS) is 21.9. The molecule has 0 bridgehead atoms. The monoisotopic (exact) mass is 456 g/mol. The van der Waals surface area contributed by atoms with E-state index >= 15 is 0 Å². The Bertz CT molecular complexity index is 702. The number of carbonyl (C=O) groups excluding carboxylic acids is 2. The molecule has 2 amide bonds. The van der Waals surface area contributed by atoms with Crippen molar-refractivity contribution in [2.75, 3.05) is 39.3 Å². The minimum atomic E-state index is -0.0272. The summed E-state index contributed by atoms with van der Waals surface area (Å²) in [5.74, 6) is 0.349. The Morgan fingerprint density at radius 3 is 2.37 bits per heavy atom. The molecule has 3 N–H and O–H groups in total. The van der Waals surface area contributed by atoms with Crippen LogP contribution in [0.2, 0.25) is 0 Å². The SMILES string of the molecule is Cl.Cl.O=C(NCCN1CCCC1)c1ccc(CNC(=O)C2CC23CCNCC3)cc1. The number of likely N-dealkylation sites (tertiary alicyclic amines) is 1. The molecule has 2 aliphatic heterocycles. The summed E-state index contributed by atoms with van der Waals surface area (Å²) in [6.07, 6.45) is 5.81. The van der Waals surface area contributed by atoms with Crippen molar-refractivity contribution in [1.29, 1.82) is 0 Å². The maximum atomic E-state index is 12.5. The van der Waals surface area contributed by atoms with Crippen LogP contribution in [0.1, 0.15) is 48.0 Å². The van der Waals surface area contributed by atoms with E-state index in [1.165, 1.54) is 12.8 Å². The largest absolute Gasteiger partial charge is 0.352 e. The van der Waals surface area contributed by atoms with Gasteiger partial charge < -0.3 is 20.9 Å². The molecule has 1 saturated carbocycles. The summed E-state index contributed by atoms with van der Waals surface area (Å²) in [6.45, 7) is 6.51. The zero-order valence-corrected chi connectivity index (χ0v) is 19.1. The molecule has 0 aromatic heterocycles. The number of piperidine rings is 1. The lowest BCUT2D eigenvalue weighted by molar-refractivity contribution is -0.123. The van der Waals surface area contributed by atoms with E-state index in [9.17, 15) is 9.59 Å². The quantitative estimate of drug-likeness (QED) is 0.588. The first-order valence-corrected chi connectivity index (χ1v) is 10.7. The first-order valence-electron chi connectivity index (χ1n) is 10.7. The molecule has 1 aromatic carbocycles. The van der Waals surface area contributed by atoms with Crippen molar-refractivity contribution in [3.05, 3.63) is 35.4 Å². The smallest absolute Gasteiger partial charge is 0.251 e. The lowest BCUT2D eigenvalue weighted by atomic mass is 9.92. The molecule has 3 fully saturated rings. The summed E-state index contributed by atoms with van der Waals surface area (Å²) in [6, 6.07) is 7.56. The standard InChI is InChI=1S/C22H32N4O2.2ClH/c27-20(24-11-14-26-12-1-2-13-26)18-5-3-17(4-6-18)16-25-21(28)19-15-22(19)7-9-23-10-8-22;;/h3-6,19,23H,1-2,7-16H2,(H,24,27)(H,25,28);2*1H. The van der Waals surface area contributed by atoms with Gasteiger partial charge in [0, 0.05) is 31.1 Å². The second-order valence-electron chi connectivity index (χ2n) is 8.59. The van der Waals surface area contributed by atoms with Gasteiger partial charge in [0.05, 0.1) is 0 Å². The van der Waals surface area contributed by atoms with Gasteiger partial charge in [-0.05, 0) is 81.4 Å². The van der Waals surface area contributed by atoms with E-state index in [2.05, 4.69) is 20.9 Å². The van der Waals surface area contributed by atoms with E-state index < -0.39 is 0 Å². The lowest BCUT2D eigenvalue weighted by Gasteiger charge is -2.23. The maximum Gasteiger partial charge on any atom is 0.251 e. The average molecular weight is 457 g/mol. The van der Waals surface area contributed by atoms with E-state index in [1.54, 1.807) is 0 Å². The molecule has 0 radical (unpaired) electrons. The van der Waals surface area contributed by atoms with Crippen LogP contribution in [0.3, 0.4) is 0 Å². The van der Waals surface area contributed by atoms with Gasteiger partial charge in [0.25, 0.3) is 5.91 Å². The first-order chi connectivity index (χ1) is 13.7. The zero-order valence-electron chi connectivity index (χ0n) is 17.5. The number of halogens is 2. The molecule has 1 atom stereocenters.